The van der Waals surface area contributed by atoms with Crippen LogP contribution >= 0.6 is 0 Å². The minimum absolute atomic E-state index is 0.00828. The van der Waals surface area contributed by atoms with E-state index >= 15 is 0 Å². The maximum atomic E-state index is 11.9. The van der Waals surface area contributed by atoms with Crippen LogP contribution in [0.15, 0.2) is 24.3 Å². The first kappa shape index (κ1) is 14.6. The smallest absolute Gasteiger partial charge is 0.251 e. The van der Waals surface area contributed by atoms with Gasteiger partial charge in [-0.2, -0.15) is 0 Å². The van der Waals surface area contributed by atoms with Gasteiger partial charge in [-0.15, -0.1) is 0 Å². The van der Waals surface area contributed by atoms with Crippen LogP contribution in [0.1, 0.15) is 42.1 Å². The van der Waals surface area contributed by atoms with Gasteiger partial charge in [0.2, 0.25) is 5.91 Å². The predicted octanol–water partition coefficient (Wildman–Crippen LogP) is 2.03. The highest BCUT2D eigenvalue weighted by Crippen LogP contribution is 2.32. The van der Waals surface area contributed by atoms with Crippen molar-refractivity contribution in [2.75, 3.05) is 6.54 Å². The lowest BCUT2D eigenvalue weighted by molar-refractivity contribution is -0.121. The SMILES string of the molecule is Cc1cccc(C(=O)NCCC(=O)N[C@@H](C)C2CC2)c1. The molecule has 4 heteroatoms. The number of carbonyl (C=O) groups excluding carboxylic acids is 2. The van der Waals surface area contributed by atoms with Gasteiger partial charge in [0.05, 0.1) is 0 Å². The van der Waals surface area contributed by atoms with Crippen LogP contribution < -0.4 is 10.6 Å². The van der Waals surface area contributed by atoms with Gasteiger partial charge in [0, 0.05) is 24.6 Å². The number of hydrogen-bond acceptors (Lipinski definition) is 2. The zero-order chi connectivity index (χ0) is 14.5. The van der Waals surface area contributed by atoms with Gasteiger partial charge in [0.25, 0.3) is 5.91 Å². The Kier molecular flexibility index (Phi) is 4.77. The molecule has 1 aliphatic carbocycles. The molecule has 1 aromatic carbocycles. The quantitative estimate of drug-likeness (QED) is 0.834. The van der Waals surface area contributed by atoms with Crippen molar-refractivity contribution in [3.8, 4) is 0 Å². The van der Waals surface area contributed by atoms with Crippen LogP contribution in [-0.2, 0) is 4.79 Å². The molecule has 1 aliphatic rings. The fourth-order valence-corrected chi connectivity index (χ4v) is 2.22. The lowest BCUT2D eigenvalue weighted by atomic mass is 10.1. The second-order valence-corrected chi connectivity index (χ2v) is 5.57. The predicted molar refractivity (Wildman–Crippen MR) is 78.5 cm³/mol. The first-order valence-corrected chi connectivity index (χ1v) is 7.20. The molecule has 0 spiro atoms. The standard InChI is InChI=1S/C16H22N2O2/c1-11-4-3-5-14(10-11)16(20)17-9-8-15(19)18-12(2)13-6-7-13/h3-5,10,12-13H,6-9H2,1-2H3,(H,17,20)(H,18,19)/t12-/m0/s1. The molecule has 108 valence electrons. The largest absolute Gasteiger partial charge is 0.353 e. The first-order chi connectivity index (χ1) is 9.56. The van der Waals surface area contributed by atoms with Crippen LogP contribution in [0, 0.1) is 12.8 Å². The Morgan fingerprint density at radius 2 is 2.10 bits per heavy atom. The molecule has 1 aromatic rings. The molecule has 2 N–H and O–H groups in total. The van der Waals surface area contributed by atoms with Crippen molar-refractivity contribution in [1.29, 1.82) is 0 Å². The van der Waals surface area contributed by atoms with Crippen LogP contribution in [0.25, 0.3) is 0 Å². The molecule has 0 unspecified atom stereocenters. The third kappa shape index (κ3) is 4.37. The van der Waals surface area contributed by atoms with Crippen LogP contribution in [0.3, 0.4) is 0 Å². The van der Waals surface area contributed by atoms with Gasteiger partial charge in [0.15, 0.2) is 0 Å². The minimum atomic E-state index is -0.128. The molecule has 2 amide bonds. The minimum Gasteiger partial charge on any atom is -0.353 e. The summed E-state index contributed by atoms with van der Waals surface area (Å²) in [5.74, 6) is 0.534. The van der Waals surface area contributed by atoms with E-state index in [0.29, 0.717) is 24.4 Å². The van der Waals surface area contributed by atoms with E-state index in [0.717, 1.165) is 5.56 Å². The summed E-state index contributed by atoms with van der Waals surface area (Å²) >= 11 is 0. The van der Waals surface area contributed by atoms with Gasteiger partial charge >= 0.3 is 0 Å². The second-order valence-electron chi connectivity index (χ2n) is 5.57. The lowest BCUT2D eigenvalue weighted by Crippen LogP contribution is -2.36. The maximum Gasteiger partial charge on any atom is 0.251 e. The number of carbonyl (C=O) groups is 2. The summed E-state index contributed by atoms with van der Waals surface area (Å²) in [6.45, 7) is 4.36. The van der Waals surface area contributed by atoms with Crippen LogP contribution in [0.5, 0.6) is 0 Å². The summed E-state index contributed by atoms with van der Waals surface area (Å²) < 4.78 is 0. The topological polar surface area (TPSA) is 58.2 Å². The molecule has 2 rings (SSSR count). The summed E-state index contributed by atoms with van der Waals surface area (Å²) in [6.07, 6.45) is 2.76. The van der Waals surface area contributed by atoms with E-state index in [-0.39, 0.29) is 17.9 Å². The molecule has 1 atom stereocenters. The van der Waals surface area contributed by atoms with Gasteiger partial charge in [-0.05, 0) is 44.7 Å². The highest BCUT2D eigenvalue weighted by Gasteiger charge is 2.28. The van der Waals surface area contributed by atoms with E-state index in [9.17, 15) is 9.59 Å². The average molecular weight is 274 g/mol. The highest BCUT2D eigenvalue weighted by molar-refractivity contribution is 5.94. The second kappa shape index (κ2) is 6.55. The Labute approximate surface area is 119 Å². The van der Waals surface area contributed by atoms with Crippen molar-refractivity contribution in [2.45, 2.75) is 39.2 Å². The Morgan fingerprint density at radius 3 is 2.75 bits per heavy atom. The van der Waals surface area contributed by atoms with E-state index in [4.69, 9.17) is 0 Å². The van der Waals surface area contributed by atoms with Crippen molar-refractivity contribution < 1.29 is 9.59 Å². The van der Waals surface area contributed by atoms with Gasteiger partial charge in [-0.3, -0.25) is 9.59 Å². The molecule has 0 saturated heterocycles. The van der Waals surface area contributed by atoms with Crippen molar-refractivity contribution >= 4 is 11.8 Å². The molecule has 1 saturated carbocycles. The number of amides is 2. The fourth-order valence-electron chi connectivity index (χ4n) is 2.22. The van der Waals surface area contributed by atoms with Crippen molar-refractivity contribution in [3.05, 3.63) is 35.4 Å². The van der Waals surface area contributed by atoms with Gasteiger partial charge in [-0.25, -0.2) is 0 Å². The Balaban J connectivity index is 1.69. The summed E-state index contributed by atoms with van der Waals surface area (Å²) in [7, 11) is 0. The van der Waals surface area contributed by atoms with Crippen LogP contribution in [0.2, 0.25) is 0 Å². The Morgan fingerprint density at radius 1 is 1.35 bits per heavy atom. The van der Waals surface area contributed by atoms with Crippen molar-refractivity contribution in [1.82, 2.24) is 10.6 Å². The van der Waals surface area contributed by atoms with Crippen molar-refractivity contribution in [3.63, 3.8) is 0 Å². The van der Waals surface area contributed by atoms with Gasteiger partial charge in [-0.1, -0.05) is 17.7 Å². The molecule has 0 radical (unpaired) electrons. The highest BCUT2D eigenvalue weighted by atomic mass is 16.2. The number of rotatable bonds is 6. The molecule has 1 fully saturated rings. The monoisotopic (exact) mass is 274 g/mol. The van der Waals surface area contributed by atoms with E-state index in [2.05, 4.69) is 10.6 Å². The summed E-state index contributed by atoms with van der Waals surface area (Å²) in [5, 5.41) is 5.75. The lowest BCUT2D eigenvalue weighted by Gasteiger charge is -2.12. The summed E-state index contributed by atoms with van der Waals surface area (Å²) in [6, 6.07) is 7.68. The van der Waals surface area contributed by atoms with E-state index in [1.165, 1.54) is 12.8 Å². The first-order valence-electron chi connectivity index (χ1n) is 7.20. The van der Waals surface area contributed by atoms with Gasteiger partial charge < -0.3 is 10.6 Å². The normalized spacial score (nSPS) is 15.5. The number of nitrogens with one attached hydrogen (secondary N) is 2. The number of benzene rings is 1. The van der Waals surface area contributed by atoms with Crippen LogP contribution in [-0.4, -0.2) is 24.4 Å². The molecule has 0 aliphatic heterocycles. The Bertz CT molecular complexity index is 495. The number of hydrogen-bond donors (Lipinski definition) is 2. The third-order valence-electron chi connectivity index (χ3n) is 3.64. The molecule has 4 nitrogen and oxygen atoms in total. The zero-order valence-corrected chi connectivity index (χ0v) is 12.1. The van der Waals surface area contributed by atoms with E-state index < -0.39 is 0 Å². The zero-order valence-electron chi connectivity index (χ0n) is 12.1. The fraction of sp³-hybridized carbons (Fsp3) is 0.500. The molecule has 0 heterocycles. The third-order valence-corrected chi connectivity index (χ3v) is 3.64. The van der Waals surface area contributed by atoms with Crippen molar-refractivity contribution in [2.24, 2.45) is 5.92 Å². The van der Waals surface area contributed by atoms with Crippen LogP contribution in [0.4, 0.5) is 0 Å². The van der Waals surface area contributed by atoms with E-state index in [1.807, 2.05) is 32.0 Å². The Hall–Kier alpha value is -1.84. The number of aryl methyl sites for hydroxylation is 1. The summed E-state index contributed by atoms with van der Waals surface area (Å²) in [5.41, 5.74) is 1.69. The van der Waals surface area contributed by atoms with Gasteiger partial charge in [0.1, 0.15) is 0 Å². The summed E-state index contributed by atoms with van der Waals surface area (Å²) in [4.78, 5) is 23.6. The molecular formula is C16H22N2O2. The molecular weight excluding hydrogens is 252 g/mol. The average Bonchev–Trinajstić information content (AvgIpc) is 3.22. The van der Waals surface area contributed by atoms with E-state index in [1.54, 1.807) is 6.07 Å². The molecule has 20 heavy (non-hydrogen) atoms. The maximum absolute atomic E-state index is 11.9. The molecule has 0 aromatic heterocycles. The molecule has 0 bridgehead atoms.